The Morgan fingerprint density at radius 3 is 2.62 bits per heavy atom. The van der Waals surface area contributed by atoms with Gasteiger partial charge in [0.1, 0.15) is 5.75 Å². The number of rotatable bonds is 5. The topological polar surface area (TPSA) is 12.5 Å². The van der Waals surface area contributed by atoms with Crippen LogP contribution in [-0.4, -0.2) is 31.6 Å². The highest BCUT2D eigenvalue weighted by atomic mass is 35.5. The van der Waals surface area contributed by atoms with Gasteiger partial charge in [-0.05, 0) is 43.7 Å². The minimum atomic E-state index is 0.530. The lowest BCUT2D eigenvalue weighted by molar-refractivity contribution is 0.380. The van der Waals surface area contributed by atoms with Gasteiger partial charge in [-0.2, -0.15) is 0 Å². The van der Waals surface area contributed by atoms with Gasteiger partial charge < -0.3 is 4.74 Å². The van der Waals surface area contributed by atoms with Gasteiger partial charge in [-0.25, -0.2) is 0 Å². The van der Waals surface area contributed by atoms with Crippen LogP contribution in [-0.2, 0) is 6.42 Å². The third-order valence-electron chi connectivity index (χ3n) is 2.49. The van der Waals surface area contributed by atoms with Gasteiger partial charge >= 0.3 is 0 Å². The minimum absolute atomic E-state index is 0.530. The lowest BCUT2D eigenvalue weighted by Gasteiger charge is -2.16. The first kappa shape index (κ1) is 13.6. The number of alkyl halides is 1. The molecule has 0 fully saturated rings. The van der Waals surface area contributed by atoms with Crippen LogP contribution in [0.15, 0.2) is 12.1 Å². The molecule has 1 aromatic carbocycles. The molecule has 0 aliphatic carbocycles. The SMILES string of the molecule is COc1c(C)cc(Cl)cc1CCN(C)CCl. The van der Waals surface area contributed by atoms with Crippen LogP contribution in [0.25, 0.3) is 0 Å². The first-order valence-electron chi connectivity index (χ1n) is 5.16. The normalized spacial score (nSPS) is 10.9. The van der Waals surface area contributed by atoms with Gasteiger partial charge in [0.25, 0.3) is 0 Å². The number of halogens is 2. The van der Waals surface area contributed by atoms with Gasteiger partial charge in [0, 0.05) is 11.6 Å². The molecule has 4 heteroatoms. The first-order valence-corrected chi connectivity index (χ1v) is 6.07. The molecule has 1 aromatic rings. The fraction of sp³-hybridized carbons (Fsp3) is 0.500. The zero-order valence-corrected chi connectivity index (χ0v) is 11.4. The van der Waals surface area contributed by atoms with E-state index in [2.05, 4.69) is 0 Å². The number of hydrogen-bond acceptors (Lipinski definition) is 2. The smallest absolute Gasteiger partial charge is 0.125 e. The summed E-state index contributed by atoms with van der Waals surface area (Å²) in [6, 6.07) is 4.40. The third-order valence-corrected chi connectivity index (χ3v) is 3.11. The maximum absolute atomic E-state index is 6.03. The molecule has 0 aliphatic heterocycles. The van der Waals surface area contributed by atoms with E-state index in [0.717, 1.165) is 34.9 Å². The van der Waals surface area contributed by atoms with Crippen molar-refractivity contribution >= 4 is 23.2 Å². The van der Waals surface area contributed by atoms with Crippen molar-refractivity contribution in [3.05, 3.63) is 28.3 Å². The van der Waals surface area contributed by atoms with Gasteiger partial charge in [-0.3, -0.25) is 4.90 Å². The fourth-order valence-corrected chi connectivity index (χ4v) is 2.06. The van der Waals surface area contributed by atoms with Crippen molar-refractivity contribution in [1.82, 2.24) is 4.90 Å². The Labute approximate surface area is 107 Å². The standard InChI is InChI=1S/C12H17Cl2NO/c1-9-6-11(14)7-10(12(9)16-3)4-5-15(2)8-13/h6-7H,4-5,8H2,1-3H3. The number of hydrogen-bond donors (Lipinski definition) is 0. The molecule has 0 aliphatic rings. The van der Waals surface area contributed by atoms with Crippen LogP contribution in [0, 0.1) is 6.92 Å². The van der Waals surface area contributed by atoms with E-state index < -0.39 is 0 Å². The summed E-state index contributed by atoms with van der Waals surface area (Å²) in [7, 11) is 3.67. The predicted molar refractivity (Wildman–Crippen MR) is 69.8 cm³/mol. The Morgan fingerprint density at radius 1 is 1.38 bits per heavy atom. The second-order valence-corrected chi connectivity index (χ2v) is 4.54. The van der Waals surface area contributed by atoms with Crippen LogP contribution in [0.5, 0.6) is 5.75 Å². The Balaban J connectivity index is 2.85. The Bertz CT molecular complexity index is 355. The highest BCUT2D eigenvalue weighted by molar-refractivity contribution is 6.30. The molecule has 0 N–H and O–H groups in total. The maximum atomic E-state index is 6.03. The van der Waals surface area contributed by atoms with Crippen molar-refractivity contribution in [2.75, 3.05) is 26.7 Å². The average Bonchev–Trinajstić information content (AvgIpc) is 2.25. The third kappa shape index (κ3) is 3.55. The van der Waals surface area contributed by atoms with E-state index in [-0.39, 0.29) is 0 Å². The largest absolute Gasteiger partial charge is 0.496 e. The molecular weight excluding hydrogens is 245 g/mol. The van der Waals surface area contributed by atoms with Crippen LogP contribution >= 0.6 is 23.2 Å². The van der Waals surface area contributed by atoms with E-state index in [1.165, 1.54) is 0 Å². The van der Waals surface area contributed by atoms with E-state index in [4.69, 9.17) is 27.9 Å². The summed E-state index contributed by atoms with van der Waals surface area (Å²) in [6.45, 7) is 2.89. The summed E-state index contributed by atoms with van der Waals surface area (Å²) >= 11 is 11.8. The van der Waals surface area contributed by atoms with E-state index in [9.17, 15) is 0 Å². The Hall–Kier alpha value is -0.440. The lowest BCUT2D eigenvalue weighted by atomic mass is 10.1. The van der Waals surface area contributed by atoms with Crippen LogP contribution in [0.4, 0.5) is 0 Å². The molecule has 0 aromatic heterocycles. The highest BCUT2D eigenvalue weighted by Crippen LogP contribution is 2.27. The fourth-order valence-electron chi connectivity index (χ4n) is 1.65. The van der Waals surface area contributed by atoms with Gasteiger partial charge in [-0.15, -0.1) is 11.6 Å². The minimum Gasteiger partial charge on any atom is -0.496 e. The average molecular weight is 262 g/mol. The molecule has 0 saturated carbocycles. The molecule has 0 atom stereocenters. The van der Waals surface area contributed by atoms with Crippen molar-refractivity contribution in [2.24, 2.45) is 0 Å². The molecule has 0 saturated heterocycles. The monoisotopic (exact) mass is 261 g/mol. The maximum Gasteiger partial charge on any atom is 0.125 e. The van der Waals surface area contributed by atoms with Crippen LogP contribution in [0.3, 0.4) is 0 Å². The molecule has 0 unspecified atom stereocenters. The molecule has 90 valence electrons. The van der Waals surface area contributed by atoms with Crippen molar-refractivity contribution in [3.8, 4) is 5.75 Å². The van der Waals surface area contributed by atoms with Crippen LogP contribution < -0.4 is 4.74 Å². The van der Waals surface area contributed by atoms with Crippen molar-refractivity contribution < 1.29 is 4.74 Å². The summed E-state index contributed by atoms with van der Waals surface area (Å²) in [4.78, 5) is 2.04. The van der Waals surface area contributed by atoms with Gasteiger partial charge in [0.05, 0.1) is 13.1 Å². The first-order chi connectivity index (χ1) is 7.58. The van der Waals surface area contributed by atoms with Gasteiger partial charge in [0.15, 0.2) is 0 Å². The molecular formula is C12H17Cl2NO. The second kappa shape index (κ2) is 6.33. The summed E-state index contributed by atoms with van der Waals surface area (Å²) in [6.07, 6.45) is 0.883. The van der Waals surface area contributed by atoms with Crippen LogP contribution in [0.2, 0.25) is 5.02 Å². The number of likely N-dealkylation sites (N-methyl/N-ethyl adjacent to an activating group) is 1. The van der Waals surface area contributed by atoms with Gasteiger partial charge in [0.2, 0.25) is 0 Å². The number of ether oxygens (including phenoxy) is 1. The lowest BCUT2D eigenvalue weighted by Crippen LogP contribution is -2.19. The molecule has 0 amide bonds. The number of methoxy groups -OCH3 is 1. The zero-order valence-electron chi connectivity index (χ0n) is 9.89. The zero-order chi connectivity index (χ0) is 12.1. The van der Waals surface area contributed by atoms with Gasteiger partial charge in [-0.1, -0.05) is 11.6 Å². The molecule has 0 spiro atoms. The van der Waals surface area contributed by atoms with Crippen molar-refractivity contribution in [2.45, 2.75) is 13.3 Å². The van der Waals surface area contributed by atoms with E-state index in [1.807, 2.05) is 31.0 Å². The predicted octanol–water partition coefficient (Wildman–Crippen LogP) is 3.33. The molecule has 16 heavy (non-hydrogen) atoms. The molecule has 1 rings (SSSR count). The number of benzene rings is 1. The Kier molecular flexibility index (Phi) is 5.39. The highest BCUT2D eigenvalue weighted by Gasteiger charge is 2.08. The quantitative estimate of drug-likeness (QED) is 0.596. The van der Waals surface area contributed by atoms with Crippen LogP contribution in [0.1, 0.15) is 11.1 Å². The molecule has 0 bridgehead atoms. The summed E-state index contributed by atoms with van der Waals surface area (Å²) in [5.41, 5.74) is 2.20. The van der Waals surface area contributed by atoms with E-state index in [1.54, 1.807) is 7.11 Å². The Morgan fingerprint density at radius 2 is 2.06 bits per heavy atom. The number of aryl methyl sites for hydroxylation is 1. The summed E-state index contributed by atoms with van der Waals surface area (Å²) in [5.74, 6) is 0.923. The van der Waals surface area contributed by atoms with E-state index >= 15 is 0 Å². The summed E-state index contributed by atoms with van der Waals surface area (Å²) < 4.78 is 5.39. The molecule has 0 radical (unpaired) electrons. The second-order valence-electron chi connectivity index (χ2n) is 3.86. The number of nitrogens with zero attached hydrogens (tertiary/aromatic N) is 1. The van der Waals surface area contributed by atoms with E-state index in [0.29, 0.717) is 6.00 Å². The summed E-state index contributed by atoms with van der Waals surface area (Å²) in [5, 5.41) is 0.752. The van der Waals surface area contributed by atoms with Crippen molar-refractivity contribution in [1.29, 1.82) is 0 Å². The molecule has 2 nitrogen and oxygen atoms in total. The van der Waals surface area contributed by atoms with Crippen molar-refractivity contribution in [3.63, 3.8) is 0 Å². The molecule has 0 heterocycles.